The maximum absolute atomic E-state index is 13.2. The Bertz CT molecular complexity index is 1240. The van der Waals surface area contributed by atoms with E-state index < -0.39 is 15.9 Å². The third-order valence-electron chi connectivity index (χ3n) is 6.07. The zero-order chi connectivity index (χ0) is 23.8. The molecule has 1 N–H and O–H groups in total. The molecule has 0 saturated carbocycles. The van der Waals surface area contributed by atoms with Crippen molar-refractivity contribution < 1.29 is 18.0 Å². The summed E-state index contributed by atoms with van der Waals surface area (Å²) in [4.78, 5) is 27.9. The van der Waals surface area contributed by atoms with E-state index in [0.717, 1.165) is 24.0 Å². The van der Waals surface area contributed by atoms with Gasteiger partial charge in [0.25, 0.3) is 11.8 Å². The largest absolute Gasteiger partial charge is 0.350 e. The molecule has 2 aromatic carbocycles. The number of carbonyl (C=O) groups excluding carboxylic acids is 2. The lowest BCUT2D eigenvalue weighted by Crippen LogP contribution is -2.33. The second-order valence-electron chi connectivity index (χ2n) is 8.59. The maximum Gasteiger partial charge on any atom is 0.278 e. The molecule has 4 rings (SSSR count). The number of hydrogen-bond donors (Lipinski definition) is 1. The maximum atomic E-state index is 13.2. The van der Waals surface area contributed by atoms with E-state index in [2.05, 4.69) is 5.32 Å². The summed E-state index contributed by atoms with van der Waals surface area (Å²) in [5, 5.41) is 3.09. The fourth-order valence-electron chi connectivity index (χ4n) is 4.42. The zero-order valence-corrected chi connectivity index (χ0v) is 20.0. The minimum Gasteiger partial charge on any atom is -0.350 e. The van der Waals surface area contributed by atoms with Crippen molar-refractivity contribution in [2.24, 2.45) is 0 Å². The molecule has 174 valence electrons. The average Bonchev–Trinajstić information content (AvgIpc) is 3.40. The highest BCUT2D eigenvalue weighted by molar-refractivity contribution is 7.89. The van der Waals surface area contributed by atoms with Crippen molar-refractivity contribution in [3.63, 3.8) is 0 Å². The molecular weight excluding hydrogens is 438 g/mol. The van der Waals surface area contributed by atoms with Crippen molar-refractivity contribution in [2.45, 2.75) is 44.9 Å². The second-order valence-corrected chi connectivity index (χ2v) is 10.5. The van der Waals surface area contributed by atoms with E-state index in [1.54, 1.807) is 18.2 Å². The molecule has 0 bridgehead atoms. The summed E-state index contributed by atoms with van der Waals surface area (Å²) in [5.41, 5.74) is 3.60. The molecule has 8 heteroatoms. The highest BCUT2D eigenvalue weighted by atomic mass is 32.2. The van der Waals surface area contributed by atoms with Gasteiger partial charge in [-0.2, -0.15) is 4.31 Å². The van der Waals surface area contributed by atoms with Crippen LogP contribution in [0.5, 0.6) is 0 Å². The van der Waals surface area contributed by atoms with Crippen LogP contribution in [0.3, 0.4) is 0 Å². The van der Waals surface area contributed by atoms with E-state index in [4.69, 9.17) is 0 Å². The minimum atomic E-state index is -3.60. The molecule has 0 spiro atoms. The van der Waals surface area contributed by atoms with Gasteiger partial charge in [-0.15, -0.1) is 0 Å². The number of anilines is 1. The predicted molar refractivity (Wildman–Crippen MR) is 128 cm³/mol. The number of imide groups is 1. The molecule has 2 heterocycles. The van der Waals surface area contributed by atoms with Crippen molar-refractivity contribution in [2.75, 3.05) is 25.0 Å². The molecule has 0 radical (unpaired) electrons. The molecule has 1 saturated heterocycles. The minimum absolute atomic E-state index is 0.172. The van der Waals surface area contributed by atoms with Gasteiger partial charge >= 0.3 is 0 Å². The summed E-state index contributed by atoms with van der Waals surface area (Å²) < 4.78 is 27.5. The van der Waals surface area contributed by atoms with Crippen LogP contribution in [0, 0.1) is 13.8 Å². The zero-order valence-electron chi connectivity index (χ0n) is 19.2. The molecule has 1 fully saturated rings. The first-order valence-electron chi connectivity index (χ1n) is 11.3. The Kier molecular flexibility index (Phi) is 6.41. The third kappa shape index (κ3) is 4.32. The smallest absolute Gasteiger partial charge is 0.278 e. The molecule has 2 amide bonds. The van der Waals surface area contributed by atoms with Crippen molar-refractivity contribution >= 4 is 33.1 Å². The highest BCUT2D eigenvalue weighted by Crippen LogP contribution is 2.33. The summed E-state index contributed by atoms with van der Waals surface area (Å²) >= 11 is 0. The first kappa shape index (κ1) is 23.2. The van der Waals surface area contributed by atoms with Gasteiger partial charge in [-0.3, -0.25) is 14.5 Å². The first-order chi connectivity index (χ1) is 15.7. The van der Waals surface area contributed by atoms with Crippen LogP contribution in [0.15, 0.2) is 53.1 Å². The number of rotatable bonds is 7. The van der Waals surface area contributed by atoms with Crippen LogP contribution in [-0.4, -0.2) is 49.1 Å². The molecule has 0 unspecified atom stereocenters. The number of aryl methyl sites for hydroxylation is 2. The van der Waals surface area contributed by atoms with Crippen LogP contribution in [0.1, 0.15) is 42.9 Å². The van der Waals surface area contributed by atoms with E-state index in [1.165, 1.54) is 15.3 Å². The standard InChI is InChI=1S/C25H29N3O4S/c1-4-12-28-24(29)22(21-11-10-17(2)15-18(21)3)23(25(28)30)26-19-8-7-9-20(16-19)33(31,32)27-13-5-6-14-27/h7-11,15-16,26H,4-6,12-14H2,1-3H3. The lowest BCUT2D eigenvalue weighted by atomic mass is 9.97. The fraction of sp³-hybridized carbons (Fsp3) is 0.360. The molecule has 2 aliphatic rings. The molecule has 33 heavy (non-hydrogen) atoms. The molecule has 0 atom stereocenters. The SMILES string of the molecule is CCCN1C(=O)C(Nc2cccc(S(=O)(=O)N3CCCC3)c2)=C(c2ccc(C)cc2C)C1=O. The van der Waals surface area contributed by atoms with Gasteiger partial charge in [0.15, 0.2) is 0 Å². The van der Waals surface area contributed by atoms with Crippen molar-refractivity contribution in [1.82, 2.24) is 9.21 Å². The fourth-order valence-corrected chi connectivity index (χ4v) is 5.98. The molecule has 7 nitrogen and oxygen atoms in total. The van der Waals surface area contributed by atoms with Gasteiger partial charge in [-0.1, -0.05) is 36.8 Å². The highest BCUT2D eigenvalue weighted by Gasteiger charge is 2.39. The van der Waals surface area contributed by atoms with Crippen molar-refractivity contribution in [1.29, 1.82) is 0 Å². The lowest BCUT2D eigenvalue weighted by Gasteiger charge is -2.17. The van der Waals surface area contributed by atoms with Gasteiger partial charge in [0, 0.05) is 25.3 Å². The van der Waals surface area contributed by atoms with E-state index in [0.29, 0.717) is 42.9 Å². The summed E-state index contributed by atoms with van der Waals surface area (Å²) in [6, 6.07) is 12.2. The Morgan fingerprint density at radius 1 is 0.970 bits per heavy atom. The lowest BCUT2D eigenvalue weighted by molar-refractivity contribution is -0.136. The number of nitrogens with one attached hydrogen (secondary N) is 1. The van der Waals surface area contributed by atoms with Crippen LogP contribution in [-0.2, 0) is 19.6 Å². The van der Waals surface area contributed by atoms with Gasteiger partial charge in [0.05, 0.1) is 10.5 Å². The molecule has 2 aromatic rings. The summed E-state index contributed by atoms with van der Waals surface area (Å²) in [5.74, 6) is -0.734. The van der Waals surface area contributed by atoms with Crippen molar-refractivity contribution in [3.05, 3.63) is 64.9 Å². The number of carbonyl (C=O) groups is 2. The molecular formula is C25H29N3O4S. The Morgan fingerprint density at radius 2 is 1.70 bits per heavy atom. The predicted octanol–water partition coefficient (Wildman–Crippen LogP) is 3.69. The van der Waals surface area contributed by atoms with Gasteiger partial charge < -0.3 is 5.32 Å². The van der Waals surface area contributed by atoms with Gasteiger partial charge in [-0.05, 0) is 62.4 Å². The van der Waals surface area contributed by atoms with Crippen LogP contribution >= 0.6 is 0 Å². The number of hydrogen-bond acceptors (Lipinski definition) is 5. The van der Waals surface area contributed by atoms with Crippen LogP contribution < -0.4 is 5.32 Å². The van der Waals surface area contributed by atoms with Gasteiger partial charge in [0.2, 0.25) is 10.0 Å². The average molecular weight is 468 g/mol. The van der Waals surface area contributed by atoms with E-state index >= 15 is 0 Å². The second kappa shape index (κ2) is 9.11. The summed E-state index contributed by atoms with van der Waals surface area (Å²) in [6.45, 7) is 7.15. The Labute approximate surface area is 195 Å². The normalized spacial score (nSPS) is 17.4. The Balaban J connectivity index is 1.76. The number of nitrogens with zero attached hydrogens (tertiary/aromatic N) is 2. The summed E-state index contributed by atoms with van der Waals surface area (Å²) in [7, 11) is -3.60. The monoisotopic (exact) mass is 467 g/mol. The van der Waals surface area contributed by atoms with Gasteiger partial charge in [-0.25, -0.2) is 8.42 Å². The topological polar surface area (TPSA) is 86.8 Å². The van der Waals surface area contributed by atoms with E-state index in [9.17, 15) is 18.0 Å². The van der Waals surface area contributed by atoms with E-state index in [-0.39, 0.29) is 16.5 Å². The van der Waals surface area contributed by atoms with Crippen molar-refractivity contribution in [3.8, 4) is 0 Å². The van der Waals surface area contributed by atoms with Gasteiger partial charge in [0.1, 0.15) is 5.70 Å². The van der Waals surface area contributed by atoms with E-state index in [1.807, 2.05) is 39.0 Å². The summed E-state index contributed by atoms with van der Waals surface area (Å²) in [6.07, 6.45) is 2.36. The quantitative estimate of drug-likeness (QED) is 0.628. The number of sulfonamides is 1. The molecule has 0 aliphatic carbocycles. The third-order valence-corrected chi connectivity index (χ3v) is 7.97. The Hall–Kier alpha value is -2.97. The number of benzene rings is 2. The number of amides is 2. The van der Waals surface area contributed by atoms with Crippen LogP contribution in [0.25, 0.3) is 5.57 Å². The molecule has 0 aromatic heterocycles. The Morgan fingerprint density at radius 3 is 2.36 bits per heavy atom. The van der Waals surface area contributed by atoms with Crippen LogP contribution in [0.2, 0.25) is 0 Å². The van der Waals surface area contributed by atoms with Crippen LogP contribution in [0.4, 0.5) is 5.69 Å². The first-order valence-corrected chi connectivity index (χ1v) is 12.7. The molecule has 2 aliphatic heterocycles.